The Hall–Kier alpha value is -2.87. The summed E-state index contributed by atoms with van der Waals surface area (Å²) in [6, 6.07) is 18.8. The molecule has 1 N–H and O–H groups in total. The normalized spacial score (nSPS) is 10.9. The Morgan fingerprint density at radius 3 is 2.13 bits per heavy atom. The average Bonchev–Trinajstić information content (AvgIpc) is 2.58. The molecule has 0 atom stereocenters. The van der Waals surface area contributed by atoms with E-state index in [1.54, 1.807) is 6.20 Å². The van der Waals surface area contributed by atoms with Crippen LogP contribution in [0.15, 0.2) is 67.0 Å². The van der Waals surface area contributed by atoms with Crippen molar-refractivity contribution in [2.75, 3.05) is 5.32 Å². The van der Waals surface area contributed by atoms with Crippen LogP contribution in [0.2, 0.25) is 0 Å². The highest BCUT2D eigenvalue weighted by Crippen LogP contribution is 2.24. The van der Waals surface area contributed by atoms with Gasteiger partial charge in [0.25, 0.3) is 0 Å². The van der Waals surface area contributed by atoms with Crippen LogP contribution in [0.1, 0.15) is 22.3 Å². The molecule has 0 amide bonds. The lowest BCUT2D eigenvalue weighted by Crippen LogP contribution is -1.95. The minimum Gasteiger partial charge on any atom is -0.355 e. The quantitative estimate of drug-likeness (QED) is 0.677. The number of pyridine rings is 1. The van der Waals surface area contributed by atoms with Crippen molar-refractivity contribution in [3.05, 3.63) is 89.2 Å². The van der Waals surface area contributed by atoms with Crippen LogP contribution in [-0.4, -0.2) is 4.98 Å². The largest absolute Gasteiger partial charge is 0.355 e. The zero-order valence-corrected chi connectivity index (χ0v) is 13.5. The first-order valence-corrected chi connectivity index (χ1v) is 7.74. The van der Waals surface area contributed by atoms with Gasteiger partial charge in [0.2, 0.25) is 0 Å². The van der Waals surface area contributed by atoms with Crippen LogP contribution in [0.3, 0.4) is 0 Å². The summed E-state index contributed by atoms with van der Waals surface area (Å²) in [5.74, 6) is 0. The summed E-state index contributed by atoms with van der Waals surface area (Å²) in [7, 11) is 0. The summed E-state index contributed by atoms with van der Waals surface area (Å²) in [5.41, 5.74) is 7.06. The number of aromatic nitrogens is 1. The fourth-order valence-electron chi connectivity index (χ4n) is 2.50. The minimum absolute atomic E-state index is 1.10. The SMILES string of the molecule is Cc1cccc(C)c1Nc1ccc(/C=C/c2cccnc2)cc1. The van der Waals surface area contributed by atoms with Crippen LogP contribution in [0.5, 0.6) is 0 Å². The van der Waals surface area contributed by atoms with Crippen molar-refractivity contribution in [3.8, 4) is 0 Å². The lowest BCUT2D eigenvalue weighted by atomic mass is 10.1. The van der Waals surface area contributed by atoms with Crippen molar-refractivity contribution in [2.24, 2.45) is 0 Å². The van der Waals surface area contributed by atoms with E-state index in [-0.39, 0.29) is 0 Å². The third kappa shape index (κ3) is 3.86. The van der Waals surface area contributed by atoms with Gasteiger partial charge in [-0.05, 0) is 54.3 Å². The van der Waals surface area contributed by atoms with Gasteiger partial charge in [-0.3, -0.25) is 4.98 Å². The number of hydrogen-bond donors (Lipinski definition) is 1. The molecule has 0 radical (unpaired) electrons. The van der Waals surface area contributed by atoms with Crippen LogP contribution >= 0.6 is 0 Å². The molecule has 0 unspecified atom stereocenters. The third-order valence-electron chi connectivity index (χ3n) is 3.81. The number of rotatable bonds is 4. The fourth-order valence-corrected chi connectivity index (χ4v) is 2.50. The predicted molar refractivity (Wildman–Crippen MR) is 98.8 cm³/mol. The molecule has 0 fully saturated rings. The molecule has 114 valence electrons. The Bertz CT molecular complexity index is 783. The monoisotopic (exact) mass is 300 g/mol. The first-order chi connectivity index (χ1) is 11.2. The molecular weight excluding hydrogens is 280 g/mol. The molecule has 0 aliphatic carbocycles. The van der Waals surface area contributed by atoms with E-state index in [9.17, 15) is 0 Å². The lowest BCUT2D eigenvalue weighted by Gasteiger charge is -2.12. The van der Waals surface area contributed by atoms with E-state index in [2.05, 4.69) is 78.8 Å². The Balaban J connectivity index is 1.74. The van der Waals surface area contributed by atoms with Crippen molar-refractivity contribution in [1.82, 2.24) is 4.98 Å². The third-order valence-corrected chi connectivity index (χ3v) is 3.81. The van der Waals surface area contributed by atoms with Crippen molar-refractivity contribution in [1.29, 1.82) is 0 Å². The van der Waals surface area contributed by atoms with E-state index in [1.165, 1.54) is 22.4 Å². The van der Waals surface area contributed by atoms with Gasteiger partial charge in [0.05, 0.1) is 0 Å². The number of nitrogens with one attached hydrogen (secondary N) is 1. The molecule has 0 aliphatic heterocycles. The van der Waals surface area contributed by atoms with E-state index < -0.39 is 0 Å². The number of para-hydroxylation sites is 1. The number of anilines is 2. The maximum absolute atomic E-state index is 4.11. The van der Waals surface area contributed by atoms with Gasteiger partial charge in [0.1, 0.15) is 0 Å². The van der Waals surface area contributed by atoms with Gasteiger partial charge in [-0.15, -0.1) is 0 Å². The molecule has 1 aromatic heterocycles. The van der Waals surface area contributed by atoms with Crippen LogP contribution < -0.4 is 5.32 Å². The Kier molecular flexibility index (Phi) is 4.53. The first kappa shape index (κ1) is 15.0. The maximum Gasteiger partial charge on any atom is 0.0443 e. The zero-order chi connectivity index (χ0) is 16.1. The van der Waals surface area contributed by atoms with Crippen LogP contribution in [-0.2, 0) is 0 Å². The van der Waals surface area contributed by atoms with E-state index in [0.29, 0.717) is 0 Å². The lowest BCUT2D eigenvalue weighted by molar-refractivity contribution is 1.32. The summed E-state index contributed by atoms with van der Waals surface area (Å²) in [5, 5.41) is 3.51. The smallest absolute Gasteiger partial charge is 0.0443 e. The fraction of sp³-hybridized carbons (Fsp3) is 0.0952. The molecule has 0 bridgehead atoms. The van der Waals surface area contributed by atoms with Gasteiger partial charge in [0.15, 0.2) is 0 Å². The maximum atomic E-state index is 4.11. The van der Waals surface area contributed by atoms with Crippen molar-refractivity contribution < 1.29 is 0 Å². The molecule has 3 aromatic rings. The second-order valence-corrected chi connectivity index (χ2v) is 5.63. The van der Waals surface area contributed by atoms with Gasteiger partial charge in [-0.2, -0.15) is 0 Å². The molecular formula is C21H20N2. The Morgan fingerprint density at radius 1 is 0.783 bits per heavy atom. The van der Waals surface area contributed by atoms with Crippen LogP contribution in [0.4, 0.5) is 11.4 Å². The second kappa shape index (κ2) is 6.93. The molecule has 3 rings (SSSR count). The molecule has 0 aliphatic rings. The molecule has 0 saturated heterocycles. The van der Waals surface area contributed by atoms with Crippen LogP contribution in [0.25, 0.3) is 12.2 Å². The van der Waals surface area contributed by atoms with Crippen molar-refractivity contribution in [3.63, 3.8) is 0 Å². The second-order valence-electron chi connectivity index (χ2n) is 5.63. The van der Waals surface area contributed by atoms with Gasteiger partial charge >= 0.3 is 0 Å². The highest BCUT2D eigenvalue weighted by atomic mass is 14.9. The van der Waals surface area contributed by atoms with Crippen molar-refractivity contribution in [2.45, 2.75) is 13.8 Å². The zero-order valence-electron chi connectivity index (χ0n) is 13.5. The van der Waals surface area contributed by atoms with E-state index in [0.717, 1.165) is 11.3 Å². The predicted octanol–water partition coefficient (Wildman–Crippen LogP) is 5.61. The summed E-state index contributed by atoms with van der Waals surface area (Å²) in [6.45, 7) is 4.25. The summed E-state index contributed by atoms with van der Waals surface area (Å²) >= 11 is 0. The molecule has 0 saturated carbocycles. The minimum atomic E-state index is 1.10. The van der Waals surface area contributed by atoms with Crippen molar-refractivity contribution >= 4 is 23.5 Å². The topological polar surface area (TPSA) is 24.9 Å². The molecule has 0 spiro atoms. The van der Waals surface area contributed by atoms with E-state index in [4.69, 9.17) is 0 Å². The highest BCUT2D eigenvalue weighted by Gasteiger charge is 2.02. The molecule has 2 nitrogen and oxygen atoms in total. The highest BCUT2D eigenvalue weighted by molar-refractivity contribution is 5.72. The number of nitrogens with zero attached hydrogens (tertiary/aromatic N) is 1. The standard InChI is InChI=1S/C21H20N2/c1-16-5-3-6-17(2)21(16)23-20-12-10-18(11-13-20)8-9-19-7-4-14-22-15-19/h3-15,23H,1-2H3/b9-8+. The molecule has 1 heterocycles. The summed E-state index contributed by atoms with van der Waals surface area (Å²) < 4.78 is 0. The van der Waals surface area contributed by atoms with Gasteiger partial charge in [0, 0.05) is 23.8 Å². The summed E-state index contributed by atoms with van der Waals surface area (Å²) in [4.78, 5) is 4.11. The van der Waals surface area contributed by atoms with Gasteiger partial charge in [-0.25, -0.2) is 0 Å². The number of benzene rings is 2. The summed E-state index contributed by atoms with van der Waals surface area (Å²) in [6.07, 6.45) is 7.81. The Labute approximate surface area is 137 Å². The van der Waals surface area contributed by atoms with E-state index >= 15 is 0 Å². The van der Waals surface area contributed by atoms with Gasteiger partial charge < -0.3 is 5.32 Å². The molecule has 2 heteroatoms. The van der Waals surface area contributed by atoms with E-state index in [1.807, 2.05) is 18.3 Å². The average molecular weight is 300 g/mol. The first-order valence-electron chi connectivity index (χ1n) is 7.74. The van der Waals surface area contributed by atoms with Crippen LogP contribution in [0, 0.1) is 13.8 Å². The number of hydrogen-bond acceptors (Lipinski definition) is 2. The molecule has 2 aromatic carbocycles. The number of aryl methyl sites for hydroxylation is 2. The molecule has 23 heavy (non-hydrogen) atoms. The Morgan fingerprint density at radius 2 is 1.48 bits per heavy atom. The van der Waals surface area contributed by atoms with Gasteiger partial charge in [-0.1, -0.05) is 48.6 Å².